The van der Waals surface area contributed by atoms with E-state index in [0.29, 0.717) is 47.3 Å². The Bertz CT molecular complexity index is 1210. The lowest BCUT2D eigenvalue weighted by atomic mass is 9.67. The van der Waals surface area contributed by atoms with Crippen molar-refractivity contribution in [3.8, 4) is 5.75 Å². The molecule has 1 fully saturated rings. The first kappa shape index (κ1) is 30.7. The van der Waals surface area contributed by atoms with Gasteiger partial charge < -0.3 is 30.2 Å². The highest BCUT2D eigenvalue weighted by Crippen LogP contribution is 2.39. The molecular weight excluding hydrogens is 487 g/mol. The third-order valence-electron chi connectivity index (χ3n) is 6.27. The Labute approximate surface area is 224 Å². The molecule has 1 unspecified atom stereocenters. The van der Waals surface area contributed by atoms with Gasteiger partial charge in [-0.2, -0.15) is 0 Å². The lowest BCUT2D eigenvalue weighted by molar-refractivity contribution is -0.119. The van der Waals surface area contributed by atoms with Crippen molar-refractivity contribution < 1.29 is 23.5 Å². The number of aldehydes is 1. The summed E-state index contributed by atoms with van der Waals surface area (Å²) in [4.78, 5) is 26.1. The van der Waals surface area contributed by atoms with Crippen LogP contribution in [0.15, 0.2) is 41.4 Å². The van der Waals surface area contributed by atoms with Gasteiger partial charge in [0.15, 0.2) is 0 Å². The topological polar surface area (TPSA) is 101 Å². The van der Waals surface area contributed by atoms with Gasteiger partial charge in [0, 0.05) is 36.8 Å². The van der Waals surface area contributed by atoms with Gasteiger partial charge in [-0.25, -0.2) is 9.38 Å². The van der Waals surface area contributed by atoms with Gasteiger partial charge in [0.2, 0.25) is 5.91 Å². The van der Waals surface area contributed by atoms with Crippen molar-refractivity contribution in [1.29, 1.82) is 0 Å². The molecule has 0 spiro atoms. The molecule has 0 aromatic heterocycles. The second-order valence-electron chi connectivity index (χ2n) is 9.51. The second kappa shape index (κ2) is 15.0. The number of carbonyl (C=O) groups excluding carboxylic acids is 2. The smallest absolute Gasteiger partial charge is 0.231 e. The highest BCUT2D eigenvalue weighted by Gasteiger charge is 2.36. The summed E-state index contributed by atoms with van der Waals surface area (Å²) in [5.41, 5.74) is 1.74. The average Bonchev–Trinajstić information content (AvgIpc) is 2.85. The van der Waals surface area contributed by atoms with Crippen molar-refractivity contribution in [2.24, 2.45) is 10.4 Å². The molecule has 0 heterocycles. The second-order valence-corrected chi connectivity index (χ2v) is 9.51. The zero-order chi connectivity index (χ0) is 28.1. The zero-order valence-electron chi connectivity index (χ0n) is 22.9. The van der Waals surface area contributed by atoms with Crippen LogP contribution >= 0.6 is 0 Å². The summed E-state index contributed by atoms with van der Waals surface area (Å²) in [6.07, 6.45) is 4.62. The van der Waals surface area contributed by atoms with Gasteiger partial charge in [0.05, 0.1) is 18.2 Å². The quantitative estimate of drug-likeness (QED) is 0.180. The number of carbonyl (C=O) groups is 2. The first-order chi connectivity index (χ1) is 18.1. The van der Waals surface area contributed by atoms with E-state index in [1.165, 1.54) is 25.1 Å². The summed E-state index contributed by atoms with van der Waals surface area (Å²) >= 11 is 0. The molecular formula is C29H39FN4O4. The molecule has 1 amide bonds. The first-order valence-electron chi connectivity index (χ1n) is 12.6. The number of halogens is 1. The molecule has 2 aromatic carbocycles. The fourth-order valence-electron chi connectivity index (χ4n) is 3.98. The zero-order valence-corrected chi connectivity index (χ0v) is 22.9. The first-order valence-corrected chi connectivity index (χ1v) is 12.6. The molecule has 0 bridgehead atoms. The Kier molecular flexibility index (Phi) is 12.1. The molecule has 2 aromatic rings. The molecule has 0 saturated heterocycles. The maximum absolute atomic E-state index is 14.8. The Hall–Kier alpha value is -3.56. The average molecular weight is 527 g/mol. The molecule has 0 aliphatic heterocycles. The van der Waals surface area contributed by atoms with E-state index in [1.54, 1.807) is 44.4 Å². The Morgan fingerprint density at radius 2 is 1.84 bits per heavy atom. The number of aliphatic imine (C=N–C) groups is 1. The number of nitrogens with one attached hydrogen (secondary N) is 3. The van der Waals surface area contributed by atoms with Gasteiger partial charge in [0.1, 0.15) is 30.3 Å². The van der Waals surface area contributed by atoms with Crippen molar-refractivity contribution in [2.45, 2.75) is 46.1 Å². The number of hydrogen-bond acceptors (Lipinski definition) is 7. The standard InChI is InChI=1S/C22H24FN3O4.C7H15N/c1-4-24-22(21-15(2)13-18(14-19(21)23)30-12-11-29-3)26-17-7-5-16(6-8-17)25-20(28)9-10-27;1-7(2)5-4-6(7)8-3/h4-8,10,13-14,26H,2,9,11-12H2,1,3H3,(H,25,28);6,8H,4-5H2,1-3H3/b22-21-,24-4-;. The number of hydrogen-bond donors (Lipinski definition) is 3. The van der Waals surface area contributed by atoms with Crippen LogP contribution in [0.25, 0.3) is 12.4 Å². The van der Waals surface area contributed by atoms with E-state index >= 15 is 0 Å². The summed E-state index contributed by atoms with van der Waals surface area (Å²) in [7, 11) is 3.60. The van der Waals surface area contributed by atoms with Crippen molar-refractivity contribution in [3.63, 3.8) is 0 Å². The lowest BCUT2D eigenvalue weighted by Gasteiger charge is -2.44. The van der Waals surface area contributed by atoms with Gasteiger partial charge in [0.25, 0.3) is 0 Å². The van der Waals surface area contributed by atoms with E-state index in [-0.39, 0.29) is 17.5 Å². The third kappa shape index (κ3) is 9.08. The van der Waals surface area contributed by atoms with Gasteiger partial charge in [-0.3, -0.25) is 4.79 Å². The number of ether oxygens (including phenoxy) is 2. The molecule has 38 heavy (non-hydrogen) atoms. The van der Waals surface area contributed by atoms with Crippen LogP contribution in [0.4, 0.5) is 15.8 Å². The van der Waals surface area contributed by atoms with E-state index in [0.717, 1.165) is 6.04 Å². The summed E-state index contributed by atoms with van der Waals surface area (Å²) in [6, 6.07) is 10.4. The number of methoxy groups -OCH3 is 1. The van der Waals surface area contributed by atoms with Crippen molar-refractivity contribution in [1.82, 2.24) is 5.32 Å². The monoisotopic (exact) mass is 526 g/mol. The Morgan fingerprint density at radius 1 is 1.18 bits per heavy atom. The minimum atomic E-state index is -0.527. The summed E-state index contributed by atoms with van der Waals surface area (Å²) in [6.45, 7) is 11.0. The van der Waals surface area contributed by atoms with Gasteiger partial charge in [-0.05, 0) is 67.8 Å². The minimum Gasteiger partial charge on any atom is -0.491 e. The molecule has 1 aliphatic carbocycles. The van der Waals surface area contributed by atoms with Crippen LogP contribution in [0.1, 0.15) is 40.0 Å². The van der Waals surface area contributed by atoms with Crippen LogP contribution in [-0.2, 0) is 14.3 Å². The number of benzene rings is 2. The predicted molar refractivity (Wildman–Crippen MR) is 151 cm³/mol. The van der Waals surface area contributed by atoms with Gasteiger partial charge >= 0.3 is 0 Å². The molecule has 0 radical (unpaired) electrons. The number of nitrogens with zero attached hydrogens (tertiary/aromatic N) is 1. The SMILES string of the molecule is C=c1cc(OCCOC)cc(F)/c1=C(/N=C\C)Nc1ccc(NC(=O)CC=O)cc1.CNC1CCC1(C)C. The van der Waals surface area contributed by atoms with Crippen molar-refractivity contribution in [3.05, 3.63) is 52.7 Å². The highest BCUT2D eigenvalue weighted by molar-refractivity contribution is 5.98. The molecule has 9 heteroatoms. The van der Waals surface area contributed by atoms with Crippen molar-refractivity contribution in [2.75, 3.05) is 38.0 Å². The Morgan fingerprint density at radius 3 is 2.29 bits per heavy atom. The third-order valence-corrected chi connectivity index (χ3v) is 6.27. The van der Waals surface area contributed by atoms with Gasteiger partial charge in [-0.1, -0.05) is 20.4 Å². The van der Waals surface area contributed by atoms with E-state index in [1.807, 2.05) is 7.05 Å². The van der Waals surface area contributed by atoms with Crippen LogP contribution in [0.3, 0.4) is 0 Å². The van der Waals surface area contributed by atoms with Crippen LogP contribution in [-0.4, -0.2) is 51.8 Å². The molecule has 3 N–H and O–H groups in total. The summed E-state index contributed by atoms with van der Waals surface area (Å²) in [5.74, 6) is -0.291. The van der Waals surface area contributed by atoms with Crippen molar-refractivity contribution >= 4 is 42.2 Å². The largest absolute Gasteiger partial charge is 0.491 e. The van der Waals surface area contributed by atoms with Crippen LogP contribution in [0.5, 0.6) is 5.75 Å². The van der Waals surface area contributed by atoms with Crippen LogP contribution < -0.4 is 31.1 Å². The number of anilines is 2. The number of rotatable bonds is 11. The van der Waals surface area contributed by atoms with E-state index in [9.17, 15) is 14.0 Å². The molecule has 1 atom stereocenters. The maximum atomic E-state index is 14.8. The normalized spacial score (nSPS) is 16.5. The van der Waals surface area contributed by atoms with Gasteiger partial charge in [-0.15, -0.1) is 0 Å². The van der Waals surface area contributed by atoms with E-state index in [4.69, 9.17) is 9.47 Å². The lowest BCUT2D eigenvalue weighted by Crippen LogP contribution is -2.48. The molecule has 3 rings (SSSR count). The molecule has 8 nitrogen and oxygen atoms in total. The molecule has 206 valence electrons. The fraction of sp³-hybridized carbons (Fsp3) is 0.414. The maximum Gasteiger partial charge on any atom is 0.231 e. The van der Waals surface area contributed by atoms with E-state index in [2.05, 4.69) is 41.4 Å². The summed E-state index contributed by atoms with van der Waals surface area (Å²) < 4.78 is 25.2. The van der Waals surface area contributed by atoms with Crippen LogP contribution in [0, 0.1) is 11.2 Å². The summed E-state index contributed by atoms with van der Waals surface area (Å²) in [5, 5.41) is 9.58. The highest BCUT2D eigenvalue weighted by atomic mass is 19.1. The van der Waals surface area contributed by atoms with Crippen LogP contribution in [0.2, 0.25) is 0 Å². The predicted octanol–water partition coefficient (Wildman–Crippen LogP) is 3.45. The molecule has 1 saturated carbocycles. The molecule has 1 aliphatic rings. The minimum absolute atomic E-state index is 0.208. The number of amides is 1. The van der Waals surface area contributed by atoms with E-state index < -0.39 is 11.7 Å². The Balaban J connectivity index is 0.000000538. The fourth-order valence-corrected chi connectivity index (χ4v) is 3.98.